The van der Waals surface area contributed by atoms with E-state index in [0.29, 0.717) is 0 Å². The van der Waals surface area contributed by atoms with E-state index in [1.54, 1.807) is 6.56 Å². The fraction of sp³-hybridized carbons (Fsp3) is 0.143. The molecule has 0 spiro atoms. The summed E-state index contributed by atoms with van der Waals surface area (Å²) < 4.78 is 3.32. The van der Waals surface area contributed by atoms with Gasteiger partial charge in [-0.25, -0.2) is 0 Å². The van der Waals surface area contributed by atoms with E-state index in [9.17, 15) is 0 Å². The van der Waals surface area contributed by atoms with Gasteiger partial charge < -0.3 is 0 Å². The Morgan fingerprint density at radius 2 is 1.29 bits per heavy atom. The SMILES string of the molecule is C=CC1=[C]([Zr][C]2=C(C=C)C=CC2)CC=C1.Cl.Cl. The van der Waals surface area contributed by atoms with Crippen LogP contribution >= 0.6 is 24.8 Å². The molecule has 0 aromatic carbocycles. The van der Waals surface area contributed by atoms with Crippen LogP contribution in [0.5, 0.6) is 0 Å². The van der Waals surface area contributed by atoms with Crippen LogP contribution in [0.15, 0.2) is 67.3 Å². The minimum atomic E-state index is -0.559. The Bertz CT molecular complexity index is 386. The van der Waals surface area contributed by atoms with Gasteiger partial charge in [-0.1, -0.05) is 0 Å². The molecule has 90 valence electrons. The Hall–Kier alpha value is -0.0969. The van der Waals surface area contributed by atoms with Crippen molar-refractivity contribution in [1.82, 2.24) is 0 Å². The number of allylic oxidation sites excluding steroid dienone is 10. The maximum Gasteiger partial charge on any atom is -0.147 e. The van der Waals surface area contributed by atoms with Gasteiger partial charge in [0.1, 0.15) is 0 Å². The molecule has 2 rings (SSSR count). The third kappa shape index (κ3) is 3.95. The van der Waals surface area contributed by atoms with Gasteiger partial charge in [-0.15, -0.1) is 24.8 Å². The summed E-state index contributed by atoms with van der Waals surface area (Å²) in [5.41, 5.74) is 2.76. The van der Waals surface area contributed by atoms with Gasteiger partial charge in [-0.2, -0.15) is 0 Å². The van der Waals surface area contributed by atoms with Gasteiger partial charge in [0, 0.05) is 0 Å². The Morgan fingerprint density at radius 3 is 1.65 bits per heavy atom. The van der Waals surface area contributed by atoms with Crippen molar-refractivity contribution in [3.05, 3.63) is 67.3 Å². The van der Waals surface area contributed by atoms with Crippen LogP contribution < -0.4 is 0 Å². The average molecular weight is 346 g/mol. The van der Waals surface area contributed by atoms with Crippen molar-refractivity contribution in [2.75, 3.05) is 0 Å². The van der Waals surface area contributed by atoms with Gasteiger partial charge in [0.25, 0.3) is 0 Å². The first kappa shape index (κ1) is 16.9. The van der Waals surface area contributed by atoms with Crippen LogP contribution in [-0.2, 0) is 23.2 Å². The topological polar surface area (TPSA) is 0 Å². The van der Waals surface area contributed by atoms with Crippen molar-refractivity contribution in [2.45, 2.75) is 12.8 Å². The number of rotatable bonds is 4. The molecular formula is C14H16Cl2Zr. The largest absolute Gasteiger partial charge is 0.147 e. The van der Waals surface area contributed by atoms with E-state index >= 15 is 0 Å². The van der Waals surface area contributed by atoms with Crippen LogP contribution in [-0.4, -0.2) is 0 Å². The van der Waals surface area contributed by atoms with Gasteiger partial charge in [-0.05, 0) is 0 Å². The summed E-state index contributed by atoms with van der Waals surface area (Å²) in [6, 6.07) is 0. The van der Waals surface area contributed by atoms with Gasteiger partial charge in [0.2, 0.25) is 0 Å². The number of hydrogen-bond acceptors (Lipinski definition) is 0. The smallest absolute Gasteiger partial charge is 0.147 e. The molecule has 0 nitrogen and oxygen atoms in total. The fourth-order valence-electron chi connectivity index (χ4n) is 1.86. The molecule has 0 aromatic rings. The second kappa shape index (κ2) is 8.08. The van der Waals surface area contributed by atoms with Crippen LogP contribution in [0.2, 0.25) is 0 Å². The van der Waals surface area contributed by atoms with E-state index in [4.69, 9.17) is 0 Å². The van der Waals surface area contributed by atoms with Crippen molar-refractivity contribution in [1.29, 1.82) is 0 Å². The molecule has 0 amide bonds. The molecule has 2 aliphatic rings. The first-order valence-electron chi connectivity index (χ1n) is 5.16. The van der Waals surface area contributed by atoms with Crippen LogP contribution in [0.1, 0.15) is 12.8 Å². The van der Waals surface area contributed by atoms with E-state index < -0.39 is 23.2 Å². The summed E-state index contributed by atoms with van der Waals surface area (Å²) in [5.74, 6) is 0. The molecule has 3 heteroatoms. The molecule has 0 saturated heterocycles. The molecule has 0 aromatic heterocycles. The fourth-order valence-corrected chi connectivity index (χ4v) is 5.45. The normalized spacial score (nSPS) is 16.7. The maximum absolute atomic E-state index is 3.87. The van der Waals surface area contributed by atoms with E-state index in [1.807, 2.05) is 12.2 Å². The molecule has 0 saturated carbocycles. The molecule has 0 N–H and O–H groups in total. The standard InChI is InChI=1S/2C7H7.2ClH.Zr/c2*1-2-7-5-3-4-6-7;;;/h2*2-3,5H,1,4H2;2*1H;. The average Bonchev–Trinajstić information content (AvgIpc) is 2.87. The quantitative estimate of drug-likeness (QED) is 0.691. The predicted octanol–water partition coefficient (Wildman–Crippen LogP) is 4.71. The summed E-state index contributed by atoms with van der Waals surface area (Å²) >= 11 is -0.559. The summed E-state index contributed by atoms with van der Waals surface area (Å²) in [5, 5.41) is 0. The number of hydrogen-bond donors (Lipinski definition) is 0. The van der Waals surface area contributed by atoms with Crippen LogP contribution in [0, 0.1) is 0 Å². The van der Waals surface area contributed by atoms with Gasteiger partial charge >= 0.3 is 103 Å². The second-order valence-corrected chi connectivity index (χ2v) is 7.20. The van der Waals surface area contributed by atoms with E-state index in [1.165, 1.54) is 11.1 Å². The zero-order valence-electron chi connectivity index (χ0n) is 9.61. The predicted molar refractivity (Wildman–Crippen MR) is 76.5 cm³/mol. The van der Waals surface area contributed by atoms with Crippen molar-refractivity contribution >= 4 is 24.8 Å². The van der Waals surface area contributed by atoms with Gasteiger partial charge in [-0.3, -0.25) is 0 Å². The summed E-state index contributed by atoms with van der Waals surface area (Å²) in [4.78, 5) is 0. The van der Waals surface area contributed by atoms with E-state index in [2.05, 4.69) is 37.5 Å². The maximum atomic E-state index is 3.87. The summed E-state index contributed by atoms with van der Waals surface area (Å²) in [7, 11) is 0. The monoisotopic (exact) mass is 344 g/mol. The zero-order chi connectivity index (χ0) is 10.7. The van der Waals surface area contributed by atoms with Crippen molar-refractivity contribution in [2.24, 2.45) is 0 Å². The minimum Gasteiger partial charge on any atom is -0.147 e. The third-order valence-corrected chi connectivity index (χ3v) is 6.58. The van der Waals surface area contributed by atoms with Crippen molar-refractivity contribution < 1.29 is 23.2 Å². The van der Waals surface area contributed by atoms with E-state index in [-0.39, 0.29) is 24.8 Å². The molecule has 0 atom stereocenters. The summed E-state index contributed by atoms with van der Waals surface area (Å²) in [6.45, 7) is 7.75. The number of halogens is 2. The molecule has 0 fully saturated rings. The summed E-state index contributed by atoms with van der Waals surface area (Å²) in [6.07, 6.45) is 15.2. The van der Waals surface area contributed by atoms with Gasteiger partial charge in [0.15, 0.2) is 0 Å². The van der Waals surface area contributed by atoms with E-state index in [0.717, 1.165) is 12.8 Å². The zero-order valence-corrected chi connectivity index (χ0v) is 13.7. The van der Waals surface area contributed by atoms with Crippen LogP contribution in [0.4, 0.5) is 0 Å². The Morgan fingerprint density at radius 1 is 0.882 bits per heavy atom. The Kier molecular flexibility index (Phi) is 8.04. The Labute approximate surface area is 127 Å². The third-order valence-electron chi connectivity index (χ3n) is 2.68. The molecule has 2 aliphatic carbocycles. The molecule has 0 unspecified atom stereocenters. The first-order chi connectivity index (χ1) is 7.35. The molecule has 0 heterocycles. The Balaban J connectivity index is 0.00000128. The minimum absolute atomic E-state index is 0. The first-order valence-corrected chi connectivity index (χ1v) is 7.62. The van der Waals surface area contributed by atoms with Gasteiger partial charge in [0.05, 0.1) is 0 Å². The molecule has 0 radical (unpaired) electrons. The second-order valence-electron chi connectivity index (χ2n) is 3.61. The molecular weight excluding hydrogens is 330 g/mol. The van der Waals surface area contributed by atoms with Crippen LogP contribution in [0.3, 0.4) is 0 Å². The molecule has 17 heavy (non-hydrogen) atoms. The van der Waals surface area contributed by atoms with Crippen LogP contribution in [0.25, 0.3) is 0 Å². The van der Waals surface area contributed by atoms with Crippen molar-refractivity contribution in [3.8, 4) is 0 Å². The molecule has 0 bridgehead atoms. The van der Waals surface area contributed by atoms with Crippen molar-refractivity contribution in [3.63, 3.8) is 0 Å². The molecule has 0 aliphatic heterocycles.